The van der Waals surface area contributed by atoms with Gasteiger partial charge in [0.1, 0.15) is 5.82 Å². The molecule has 170 valence electrons. The monoisotopic (exact) mass is 449 g/mol. The summed E-state index contributed by atoms with van der Waals surface area (Å²) in [5.41, 5.74) is 1.08. The molecule has 0 bridgehead atoms. The lowest BCUT2D eigenvalue weighted by atomic mass is 9.97. The molecule has 0 unspecified atom stereocenters. The first kappa shape index (κ1) is 21.9. The maximum Gasteiger partial charge on any atom is 0.224 e. The van der Waals surface area contributed by atoms with Crippen molar-refractivity contribution in [1.82, 2.24) is 33.8 Å². The summed E-state index contributed by atoms with van der Waals surface area (Å²) in [6, 6.07) is 0. The van der Waals surface area contributed by atoms with E-state index in [0.29, 0.717) is 45.7 Å². The van der Waals surface area contributed by atoms with Crippen molar-refractivity contribution in [2.45, 2.75) is 70.8 Å². The Kier molecular flexibility index (Phi) is 6.16. The van der Waals surface area contributed by atoms with Gasteiger partial charge in [0.15, 0.2) is 5.82 Å². The first-order valence-corrected chi connectivity index (χ1v) is 12.4. The third-order valence-electron chi connectivity index (χ3n) is 6.23. The molecule has 2 aromatic rings. The van der Waals surface area contributed by atoms with Gasteiger partial charge >= 0.3 is 0 Å². The maximum atomic E-state index is 12.6. The molecule has 0 saturated carbocycles. The van der Waals surface area contributed by atoms with E-state index in [1.807, 2.05) is 18.0 Å². The molecule has 0 radical (unpaired) electrons. The van der Waals surface area contributed by atoms with Gasteiger partial charge in [0.05, 0.1) is 18.0 Å². The van der Waals surface area contributed by atoms with Crippen LogP contribution >= 0.6 is 0 Å². The van der Waals surface area contributed by atoms with E-state index in [-0.39, 0.29) is 11.8 Å². The lowest BCUT2D eigenvalue weighted by molar-refractivity contribution is -0.133. The van der Waals surface area contributed by atoms with Crippen molar-refractivity contribution >= 4 is 15.9 Å². The number of amides is 1. The molecule has 0 aromatic carbocycles. The van der Waals surface area contributed by atoms with Crippen LogP contribution in [-0.4, -0.2) is 73.0 Å². The van der Waals surface area contributed by atoms with Crippen LogP contribution in [-0.2, 0) is 34.5 Å². The van der Waals surface area contributed by atoms with Crippen LogP contribution in [0, 0.1) is 6.92 Å². The average Bonchev–Trinajstić information content (AvgIpc) is 3.37. The fraction of sp³-hybridized carbons (Fsp3) is 0.700. The minimum absolute atomic E-state index is 0.0937. The third kappa shape index (κ3) is 4.52. The number of aromatic nitrogens is 5. The number of fused-ring (bicyclic) bond motifs is 1. The van der Waals surface area contributed by atoms with Crippen LogP contribution in [0.1, 0.15) is 56.2 Å². The zero-order valence-electron chi connectivity index (χ0n) is 18.4. The summed E-state index contributed by atoms with van der Waals surface area (Å²) in [5, 5.41) is 12.6. The Morgan fingerprint density at radius 2 is 1.90 bits per heavy atom. The second-order valence-corrected chi connectivity index (χ2v) is 11.2. The van der Waals surface area contributed by atoms with E-state index in [2.05, 4.69) is 19.9 Å². The van der Waals surface area contributed by atoms with Crippen molar-refractivity contribution < 1.29 is 13.2 Å². The van der Waals surface area contributed by atoms with Crippen LogP contribution in [0.3, 0.4) is 0 Å². The highest BCUT2D eigenvalue weighted by Gasteiger charge is 2.34. The largest absolute Gasteiger partial charge is 0.333 e. The highest BCUT2D eigenvalue weighted by Crippen LogP contribution is 2.30. The molecule has 0 atom stereocenters. The molecule has 2 aromatic heterocycles. The second kappa shape index (κ2) is 8.70. The molecule has 4 heterocycles. The molecule has 10 nitrogen and oxygen atoms in total. The number of hydrogen-bond donors (Lipinski definition) is 0. The van der Waals surface area contributed by atoms with Gasteiger partial charge in [0.2, 0.25) is 15.9 Å². The lowest BCUT2D eigenvalue weighted by Crippen LogP contribution is -2.42. The molecule has 1 amide bonds. The number of nitrogens with zero attached hydrogens (tertiary/aromatic N) is 7. The van der Waals surface area contributed by atoms with Gasteiger partial charge in [-0.1, -0.05) is 0 Å². The van der Waals surface area contributed by atoms with Gasteiger partial charge in [0.25, 0.3) is 0 Å². The first-order chi connectivity index (χ1) is 14.8. The number of hydrogen-bond acceptors (Lipinski definition) is 6. The summed E-state index contributed by atoms with van der Waals surface area (Å²) in [5.74, 6) is 2.03. The molecular weight excluding hydrogens is 418 g/mol. The van der Waals surface area contributed by atoms with Crippen LogP contribution in [0.2, 0.25) is 0 Å². The van der Waals surface area contributed by atoms with Crippen LogP contribution in [0.4, 0.5) is 0 Å². The average molecular weight is 450 g/mol. The van der Waals surface area contributed by atoms with Crippen LogP contribution in [0.25, 0.3) is 0 Å². The Bertz CT molecular complexity index is 1040. The zero-order valence-corrected chi connectivity index (χ0v) is 19.3. The first-order valence-electron chi connectivity index (χ1n) is 10.9. The summed E-state index contributed by atoms with van der Waals surface area (Å²) in [6.45, 7) is 8.80. The molecule has 2 aliphatic heterocycles. The normalized spacial score (nSPS) is 18.5. The summed E-state index contributed by atoms with van der Waals surface area (Å²) in [6.07, 6.45) is 5.62. The van der Waals surface area contributed by atoms with Crippen LogP contribution < -0.4 is 0 Å². The van der Waals surface area contributed by atoms with Crippen molar-refractivity contribution in [1.29, 1.82) is 0 Å². The standard InChI is InChI=1S/C20H31N7O3S/c1-15(2)31(29,30)26-8-4-17(5-9-26)20-23-22-18-14-24(10-11-27(18)20)19(28)6-7-25-13-16(3)12-21-25/h12-13,15,17H,4-11,14H2,1-3H3. The predicted octanol–water partition coefficient (Wildman–Crippen LogP) is 1.13. The summed E-state index contributed by atoms with van der Waals surface area (Å²) < 4.78 is 30.3. The number of aryl methyl sites for hydroxylation is 2. The van der Waals surface area contributed by atoms with Gasteiger partial charge in [-0.2, -0.15) is 5.10 Å². The van der Waals surface area contributed by atoms with E-state index in [1.165, 1.54) is 0 Å². The van der Waals surface area contributed by atoms with Gasteiger partial charge in [-0.25, -0.2) is 12.7 Å². The number of sulfonamides is 1. The Morgan fingerprint density at radius 1 is 1.16 bits per heavy atom. The quantitative estimate of drug-likeness (QED) is 0.655. The SMILES string of the molecule is Cc1cnn(CCC(=O)N2CCn3c(nnc3C3CCN(S(=O)(=O)C(C)C)CC3)C2)c1. The Hall–Kier alpha value is -2.27. The molecule has 11 heteroatoms. The van der Waals surface area contributed by atoms with Crippen molar-refractivity contribution in [3.05, 3.63) is 29.6 Å². The van der Waals surface area contributed by atoms with E-state index < -0.39 is 15.3 Å². The topological polar surface area (TPSA) is 106 Å². The maximum absolute atomic E-state index is 12.6. The van der Waals surface area contributed by atoms with Crippen molar-refractivity contribution in [2.24, 2.45) is 0 Å². The summed E-state index contributed by atoms with van der Waals surface area (Å²) in [7, 11) is -3.21. The van der Waals surface area contributed by atoms with Crippen molar-refractivity contribution in [2.75, 3.05) is 19.6 Å². The lowest BCUT2D eigenvalue weighted by Gasteiger charge is -2.33. The second-order valence-electron chi connectivity index (χ2n) is 8.74. The van der Waals surface area contributed by atoms with Crippen LogP contribution in [0.15, 0.2) is 12.4 Å². The number of rotatable bonds is 6. The highest BCUT2D eigenvalue weighted by molar-refractivity contribution is 7.89. The fourth-order valence-corrected chi connectivity index (χ4v) is 5.64. The molecule has 0 N–H and O–H groups in total. The molecular formula is C20H31N7O3S. The number of piperidine rings is 1. The van der Waals surface area contributed by atoms with E-state index in [4.69, 9.17) is 0 Å². The Balaban J connectivity index is 1.35. The molecule has 0 spiro atoms. The summed E-state index contributed by atoms with van der Waals surface area (Å²) in [4.78, 5) is 14.5. The third-order valence-corrected chi connectivity index (χ3v) is 8.50. The van der Waals surface area contributed by atoms with Crippen LogP contribution in [0.5, 0.6) is 0 Å². The molecule has 4 rings (SSSR count). The van der Waals surface area contributed by atoms with Gasteiger partial charge < -0.3 is 9.47 Å². The molecule has 1 saturated heterocycles. The predicted molar refractivity (Wildman–Crippen MR) is 115 cm³/mol. The molecule has 1 fully saturated rings. The van der Waals surface area contributed by atoms with E-state index in [0.717, 1.165) is 30.1 Å². The van der Waals surface area contributed by atoms with E-state index in [1.54, 1.807) is 29.0 Å². The summed E-state index contributed by atoms with van der Waals surface area (Å²) >= 11 is 0. The highest BCUT2D eigenvalue weighted by atomic mass is 32.2. The zero-order chi connectivity index (χ0) is 22.2. The van der Waals surface area contributed by atoms with Gasteiger partial charge in [0, 0.05) is 51.3 Å². The smallest absolute Gasteiger partial charge is 0.224 e. The molecule has 2 aliphatic rings. The Morgan fingerprint density at radius 3 is 2.55 bits per heavy atom. The van der Waals surface area contributed by atoms with E-state index in [9.17, 15) is 13.2 Å². The number of carbonyl (C=O) groups is 1. The molecule has 0 aliphatic carbocycles. The fourth-order valence-electron chi connectivity index (χ4n) is 4.32. The molecule has 31 heavy (non-hydrogen) atoms. The van der Waals surface area contributed by atoms with Gasteiger partial charge in [-0.05, 0) is 39.2 Å². The minimum Gasteiger partial charge on any atom is -0.333 e. The van der Waals surface area contributed by atoms with Crippen molar-refractivity contribution in [3.8, 4) is 0 Å². The van der Waals surface area contributed by atoms with Gasteiger partial charge in [-0.3, -0.25) is 9.48 Å². The van der Waals surface area contributed by atoms with Crippen molar-refractivity contribution in [3.63, 3.8) is 0 Å². The Labute approximate surface area is 183 Å². The van der Waals surface area contributed by atoms with Gasteiger partial charge in [-0.15, -0.1) is 10.2 Å². The van der Waals surface area contributed by atoms with E-state index >= 15 is 0 Å². The number of carbonyl (C=O) groups excluding carboxylic acids is 1. The minimum atomic E-state index is -3.21.